The molecule has 0 aliphatic carbocycles. The van der Waals surface area contributed by atoms with E-state index in [2.05, 4.69) is 25.4 Å². The van der Waals surface area contributed by atoms with Gasteiger partial charge in [0.1, 0.15) is 0 Å². The average Bonchev–Trinajstić information content (AvgIpc) is 3.10. The van der Waals surface area contributed by atoms with Crippen molar-refractivity contribution < 1.29 is 4.79 Å². The number of amides is 1. The molecule has 1 fully saturated rings. The first-order valence-electron chi connectivity index (χ1n) is 7.54. The lowest BCUT2D eigenvalue weighted by Gasteiger charge is -2.32. The number of rotatable bonds is 4. The number of nitrogens with one attached hydrogen (secondary N) is 1. The van der Waals surface area contributed by atoms with Gasteiger partial charge in [0.15, 0.2) is 11.5 Å². The van der Waals surface area contributed by atoms with Gasteiger partial charge in [-0.15, -0.1) is 21.5 Å². The Hall–Kier alpha value is -2.02. The van der Waals surface area contributed by atoms with Crippen LogP contribution in [-0.4, -0.2) is 40.7 Å². The molecule has 1 aliphatic rings. The largest absolute Gasteiger partial charge is 0.354 e. The number of carbonyl (C=O) groups excluding carboxylic acids is 1. The molecule has 0 unspecified atom stereocenters. The summed E-state index contributed by atoms with van der Waals surface area (Å²) in [4.78, 5) is 18.4. The first-order chi connectivity index (χ1) is 10.8. The van der Waals surface area contributed by atoms with E-state index in [4.69, 9.17) is 0 Å². The molecule has 1 aliphatic heterocycles. The van der Waals surface area contributed by atoms with E-state index in [0.717, 1.165) is 31.7 Å². The molecule has 1 saturated heterocycles. The molecule has 6 nitrogen and oxygen atoms in total. The molecule has 116 valence electrons. The van der Waals surface area contributed by atoms with Crippen LogP contribution >= 0.6 is 11.3 Å². The molecule has 0 radical (unpaired) electrons. The SMILES string of the molecule is CCNC(=O)c1ccc(N2CCC[C@@H](c3nccs3)C2)nn1. The van der Waals surface area contributed by atoms with Crippen molar-refractivity contribution >= 4 is 23.1 Å². The maximum atomic E-state index is 11.7. The molecule has 3 rings (SSSR count). The Morgan fingerprint density at radius 2 is 2.36 bits per heavy atom. The van der Waals surface area contributed by atoms with Crippen LogP contribution in [0.5, 0.6) is 0 Å². The summed E-state index contributed by atoms with van der Waals surface area (Å²) in [6.45, 7) is 4.34. The van der Waals surface area contributed by atoms with E-state index < -0.39 is 0 Å². The number of nitrogens with zero attached hydrogens (tertiary/aromatic N) is 4. The third-order valence-corrected chi connectivity index (χ3v) is 4.70. The smallest absolute Gasteiger partial charge is 0.271 e. The summed E-state index contributed by atoms with van der Waals surface area (Å²) in [5.74, 6) is 1.11. The molecular weight excluding hydrogens is 298 g/mol. The van der Waals surface area contributed by atoms with Gasteiger partial charge in [-0.25, -0.2) is 4.98 Å². The minimum atomic E-state index is -0.180. The average molecular weight is 317 g/mol. The summed E-state index contributed by atoms with van der Waals surface area (Å²) in [6.07, 6.45) is 4.14. The third-order valence-electron chi connectivity index (χ3n) is 3.77. The molecule has 22 heavy (non-hydrogen) atoms. The first kappa shape index (κ1) is 14.9. The predicted octanol–water partition coefficient (Wildman–Crippen LogP) is 2.07. The molecule has 0 spiro atoms. The summed E-state index contributed by atoms with van der Waals surface area (Å²) in [6, 6.07) is 3.61. The van der Waals surface area contributed by atoms with Gasteiger partial charge in [0.05, 0.1) is 5.01 Å². The highest BCUT2D eigenvalue weighted by Gasteiger charge is 2.24. The highest BCUT2D eigenvalue weighted by atomic mass is 32.1. The number of piperidine rings is 1. The number of anilines is 1. The Kier molecular flexibility index (Phi) is 4.62. The maximum absolute atomic E-state index is 11.7. The number of thiazole rings is 1. The van der Waals surface area contributed by atoms with E-state index >= 15 is 0 Å². The van der Waals surface area contributed by atoms with Gasteiger partial charge in [-0.2, -0.15) is 0 Å². The number of hydrogen-bond donors (Lipinski definition) is 1. The van der Waals surface area contributed by atoms with Crippen molar-refractivity contribution in [1.82, 2.24) is 20.5 Å². The van der Waals surface area contributed by atoms with Gasteiger partial charge in [0.25, 0.3) is 5.91 Å². The molecule has 0 bridgehead atoms. The fourth-order valence-corrected chi connectivity index (χ4v) is 3.46. The van der Waals surface area contributed by atoms with Crippen LogP contribution in [0, 0.1) is 0 Å². The van der Waals surface area contributed by atoms with Crippen LogP contribution in [0.2, 0.25) is 0 Å². The highest BCUT2D eigenvalue weighted by Crippen LogP contribution is 2.29. The van der Waals surface area contributed by atoms with Crippen LogP contribution < -0.4 is 10.2 Å². The van der Waals surface area contributed by atoms with Gasteiger partial charge in [-0.1, -0.05) is 0 Å². The lowest BCUT2D eigenvalue weighted by Crippen LogP contribution is -2.35. The normalized spacial score (nSPS) is 18.2. The number of carbonyl (C=O) groups is 1. The summed E-state index contributed by atoms with van der Waals surface area (Å²) in [5, 5.41) is 14.2. The van der Waals surface area contributed by atoms with E-state index in [1.165, 1.54) is 5.01 Å². The van der Waals surface area contributed by atoms with Crippen molar-refractivity contribution in [3.63, 3.8) is 0 Å². The van der Waals surface area contributed by atoms with Gasteiger partial charge in [0.2, 0.25) is 0 Å². The van der Waals surface area contributed by atoms with Gasteiger partial charge in [0, 0.05) is 37.1 Å². The van der Waals surface area contributed by atoms with Gasteiger partial charge < -0.3 is 10.2 Å². The van der Waals surface area contributed by atoms with Crippen LogP contribution in [0.1, 0.15) is 41.2 Å². The van der Waals surface area contributed by atoms with Crippen LogP contribution in [0.25, 0.3) is 0 Å². The quantitative estimate of drug-likeness (QED) is 0.934. The summed E-state index contributed by atoms with van der Waals surface area (Å²) >= 11 is 1.71. The summed E-state index contributed by atoms with van der Waals surface area (Å²) in [5.41, 5.74) is 0.360. The van der Waals surface area contributed by atoms with Crippen molar-refractivity contribution in [3.05, 3.63) is 34.4 Å². The fourth-order valence-electron chi connectivity index (χ4n) is 2.69. The standard InChI is InChI=1S/C15H19N5OS/c1-2-16-14(21)12-5-6-13(19-18-12)20-8-3-4-11(10-20)15-17-7-9-22-15/h5-7,9,11H,2-4,8,10H2,1H3,(H,16,21)/t11-/m1/s1. The van der Waals surface area contributed by atoms with Gasteiger partial charge in [-0.3, -0.25) is 4.79 Å². The molecule has 1 amide bonds. The molecule has 3 heterocycles. The van der Waals surface area contributed by atoms with E-state index in [1.54, 1.807) is 17.4 Å². The van der Waals surface area contributed by atoms with E-state index in [1.807, 2.05) is 24.6 Å². The molecule has 1 atom stereocenters. The van der Waals surface area contributed by atoms with Crippen molar-refractivity contribution in [2.75, 3.05) is 24.5 Å². The number of hydrogen-bond acceptors (Lipinski definition) is 6. The number of aromatic nitrogens is 3. The van der Waals surface area contributed by atoms with E-state index in [-0.39, 0.29) is 5.91 Å². The predicted molar refractivity (Wildman–Crippen MR) is 86.3 cm³/mol. The fraction of sp³-hybridized carbons (Fsp3) is 0.467. The summed E-state index contributed by atoms with van der Waals surface area (Å²) < 4.78 is 0. The Balaban J connectivity index is 1.69. The lowest BCUT2D eigenvalue weighted by atomic mass is 9.99. The second-order valence-electron chi connectivity index (χ2n) is 5.29. The highest BCUT2D eigenvalue weighted by molar-refractivity contribution is 7.09. The first-order valence-corrected chi connectivity index (χ1v) is 8.42. The van der Waals surface area contributed by atoms with Crippen molar-refractivity contribution in [2.24, 2.45) is 0 Å². The Labute approximate surface area is 133 Å². The monoisotopic (exact) mass is 317 g/mol. The molecule has 2 aromatic rings. The lowest BCUT2D eigenvalue weighted by molar-refractivity contribution is 0.0950. The second-order valence-corrected chi connectivity index (χ2v) is 6.22. The minimum Gasteiger partial charge on any atom is -0.354 e. The van der Waals surface area contributed by atoms with Crippen LogP contribution in [0.15, 0.2) is 23.7 Å². The Morgan fingerprint density at radius 1 is 1.45 bits per heavy atom. The Bertz CT molecular complexity index is 613. The molecule has 1 N–H and O–H groups in total. The van der Waals surface area contributed by atoms with Crippen LogP contribution in [0.4, 0.5) is 5.82 Å². The van der Waals surface area contributed by atoms with Crippen molar-refractivity contribution in [2.45, 2.75) is 25.7 Å². The molecule has 2 aromatic heterocycles. The van der Waals surface area contributed by atoms with E-state index in [9.17, 15) is 4.79 Å². The van der Waals surface area contributed by atoms with E-state index in [0.29, 0.717) is 18.2 Å². The van der Waals surface area contributed by atoms with Crippen molar-refractivity contribution in [3.8, 4) is 0 Å². The van der Waals surface area contributed by atoms with Crippen molar-refractivity contribution in [1.29, 1.82) is 0 Å². The van der Waals surface area contributed by atoms with Gasteiger partial charge >= 0.3 is 0 Å². The third kappa shape index (κ3) is 3.24. The van der Waals surface area contributed by atoms with Crippen LogP contribution in [-0.2, 0) is 0 Å². The zero-order chi connectivity index (χ0) is 15.4. The molecular formula is C15H19N5OS. The van der Waals surface area contributed by atoms with Crippen LogP contribution in [0.3, 0.4) is 0 Å². The summed E-state index contributed by atoms with van der Waals surface area (Å²) in [7, 11) is 0. The minimum absolute atomic E-state index is 0.180. The molecule has 0 aromatic carbocycles. The van der Waals surface area contributed by atoms with Gasteiger partial charge in [-0.05, 0) is 31.9 Å². The molecule has 7 heteroatoms. The topological polar surface area (TPSA) is 71.0 Å². The maximum Gasteiger partial charge on any atom is 0.271 e. The zero-order valence-corrected chi connectivity index (χ0v) is 13.3. The zero-order valence-electron chi connectivity index (χ0n) is 12.5. The Morgan fingerprint density at radius 3 is 3.05 bits per heavy atom. The second kappa shape index (κ2) is 6.83. The molecule has 0 saturated carbocycles.